The predicted octanol–water partition coefficient (Wildman–Crippen LogP) is 1.70. The number of carbonyl (C=O) groups excluding carboxylic acids is 2. The van der Waals surface area contributed by atoms with Crippen LogP contribution >= 0.6 is 0 Å². The molecule has 2 rings (SSSR count). The smallest absolute Gasteiger partial charge is 0.222 e. The van der Waals surface area contributed by atoms with Crippen molar-refractivity contribution < 1.29 is 9.59 Å². The molecule has 0 bridgehead atoms. The maximum Gasteiger partial charge on any atom is 0.222 e. The first kappa shape index (κ1) is 13.4. The quantitative estimate of drug-likeness (QED) is 0.731. The van der Waals surface area contributed by atoms with E-state index in [1.54, 1.807) is 0 Å². The first-order valence-electron chi connectivity index (χ1n) is 7.30. The summed E-state index contributed by atoms with van der Waals surface area (Å²) in [4.78, 5) is 24.9. The van der Waals surface area contributed by atoms with Gasteiger partial charge in [0.25, 0.3) is 0 Å². The van der Waals surface area contributed by atoms with E-state index >= 15 is 0 Å². The summed E-state index contributed by atoms with van der Waals surface area (Å²) in [5.41, 5.74) is 0. The van der Waals surface area contributed by atoms with Crippen LogP contribution in [0.25, 0.3) is 0 Å². The number of hydrogen-bond acceptors (Lipinski definition) is 2. The SMILES string of the molecule is O=C(CC1CCCC1)NCCCN1CCCC1=O. The summed E-state index contributed by atoms with van der Waals surface area (Å²) in [5, 5.41) is 2.97. The molecule has 102 valence electrons. The first-order chi connectivity index (χ1) is 8.75. The van der Waals surface area contributed by atoms with Gasteiger partial charge in [-0.25, -0.2) is 0 Å². The molecular weight excluding hydrogens is 228 g/mol. The number of rotatable bonds is 6. The highest BCUT2D eigenvalue weighted by atomic mass is 16.2. The summed E-state index contributed by atoms with van der Waals surface area (Å²) >= 11 is 0. The first-order valence-corrected chi connectivity index (χ1v) is 7.30. The van der Waals surface area contributed by atoms with Crippen LogP contribution < -0.4 is 5.32 Å². The Bertz CT molecular complexity index is 298. The number of hydrogen-bond donors (Lipinski definition) is 1. The van der Waals surface area contributed by atoms with Gasteiger partial charge in [0.1, 0.15) is 0 Å². The van der Waals surface area contributed by atoms with Gasteiger partial charge in [0, 0.05) is 32.5 Å². The zero-order valence-electron chi connectivity index (χ0n) is 11.1. The molecule has 0 radical (unpaired) electrons. The summed E-state index contributed by atoms with van der Waals surface area (Å²) in [7, 11) is 0. The van der Waals surface area contributed by atoms with E-state index < -0.39 is 0 Å². The topological polar surface area (TPSA) is 49.4 Å². The van der Waals surface area contributed by atoms with Crippen molar-refractivity contribution in [2.75, 3.05) is 19.6 Å². The molecule has 1 heterocycles. The van der Waals surface area contributed by atoms with Gasteiger partial charge in [-0.05, 0) is 31.6 Å². The number of nitrogens with zero attached hydrogens (tertiary/aromatic N) is 1. The van der Waals surface area contributed by atoms with Crippen molar-refractivity contribution in [3.8, 4) is 0 Å². The van der Waals surface area contributed by atoms with Gasteiger partial charge in [-0.3, -0.25) is 9.59 Å². The van der Waals surface area contributed by atoms with Gasteiger partial charge in [-0.15, -0.1) is 0 Å². The van der Waals surface area contributed by atoms with E-state index in [-0.39, 0.29) is 11.8 Å². The Labute approximate surface area is 109 Å². The van der Waals surface area contributed by atoms with Crippen LogP contribution in [0.1, 0.15) is 51.4 Å². The number of carbonyl (C=O) groups is 2. The second-order valence-corrected chi connectivity index (χ2v) is 5.54. The molecule has 2 aliphatic rings. The fourth-order valence-corrected chi connectivity index (χ4v) is 2.99. The molecule has 0 aromatic rings. The van der Waals surface area contributed by atoms with E-state index in [0.717, 1.165) is 25.9 Å². The Morgan fingerprint density at radius 3 is 2.72 bits per heavy atom. The largest absolute Gasteiger partial charge is 0.356 e. The van der Waals surface area contributed by atoms with E-state index in [1.807, 2.05) is 4.90 Å². The summed E-state index contributed by atoms with van der Waals surface area (Å²) in [6.45, 7) is 2.40. The Morgan fingerprint density at radius 1 is 1.28 bits per heavy atom. The van der Waals surface area contributed by atoms with Gasteiger partial charge in [-0.1, -0.05) is 12.8 Å². The lowest BCUT2D eigenvalue weighted by Crippen LogP contribution is -2.31. The van der Waals surface area contributed by atoms with E-state index in [9.17, 15) is 9.59 Å². The van der Waals surface area contributed by atoms with Crippen molar-refractivity contribution >= 4 is 11.8 Å². The highest BCUT2D eigenvalue weighted by Crippen LogP contribution is 2.27. The highest BCUT2D eigenvalue weighted by Gasteiger charge is 2.20. The number of nitrogens with one attached hydrogen (secondary N) is 1. The molecule has 1 saturated heterocycles. The van der Waals surface area contributed by atoms with Crippen LogP contribution in [0.5, 0.6) is 0 Å². The molecule has 0 aromatic heterocycles. The molecule has 18 heavy (non-hydrogen) atoms. The van der Waals surface area contributed by atoms with E-state index in [2.05, 4.69) is 5.32 Å². The lowest BCUT2D eigenvalue weighted by atomic mass is 10.0. The number of likely N-dealkylation sites (tertiary alicyclic amines) is 1. The summed E-state index contributed by atoms with van der Waals surface area (Å²) < 4.78 is 0. The van der Waals surface area contributed by atoms with Crippen molar-refractivity contribution in [1.29, 1.82) is 0 Å². The normalized spacial score (nSPS) is 20.7. The van der Waals surface area contributed by atoms with Crippen LogP contribution in [0, 0.1) is 5.92 Å². The minimum Gasteiger partial charge on any atom is -0.356 e. The van der Waals surface area contributed by atoms with Crippen LogP contribution in [-0.4, -0.2) is 36.3 Å². The molecule has 0 aromatic carbocycles. The molecule has 0 unspecified atom stereocenters. The van der Waals surface area contributed by atoms with Crippen LogP contribution in [-0.2, 0) is 9.59 Å². The van der Waals surface area contributed by atoms with Crippen LogP contribution in [0.15, 0.2) is 0 Å². The average molecular weight is 252 g/mol. The molecule has 0 atom stereocenters. The zero-order chi connectivity index (χ0) is 12.8. The lowest BCUT2D eigenvalue weighted by Gasteiger charge is -2.15. The van der Waals surface area contributed by atoms with Crippen molar-refractivity contribution in [2.24, 2.45) is 5.92 Å². The van der Waals surface area contributed by atoms with Crippen molar-refractivity contribution in [1.82, 2.24) is 10.2 Å². The second kappa shape index (κ2) is 6.76. The van der Waals surface area contributed by atoms with Gasteiger partial charge in [0.15, 0.2) is 0 Å². The molecule has 4 heteroatoms. The summed E-state index contributed by atoms with van der Waals surface area (Å²) in [5.74, 6) is 1.08. The maximum absolute atomic E-state index is 11.7. The van der Waals surface area contributed by atoms with Gasteiger partial charge in [0.05, 0.1) is 0 Å². The Hall–Kier alpha value is -1.06. The molecule has 2 amide bonds. The molecule has 1 aliphatic carbocycles. The second-order valence-electron chi connectivity index (χ2n) is 5.54. The fraction of sp³-hybridized carbons (Fsp3) is 0.857. The monoisotopic (exact) mass is 252 g/mol. The standard InChI is InChI=1S/C14H24N2O2/c17-13(11-12-5-1-2-6-12)15-8-4-10-16-9-3-7-14(16)18/h12H,1-11H2,(H,15,17). The highest BCUT2D eigenvalue weighted by molar-refractivity contribution is 5.78. The molecule has 1 saturated carbocycles. The number of amides is 2. The average Bonchev–Trinajstić information content (AvgIpc) is 2.97. The molecule has 1 N–H and O–H groups in total. The maximum atomic E-state index is 11.7. The van der Waals surface area contributed by atoms with Crippen LogP contribution in [0.3, 0.4) is 0 Å². The lowest BCUT2D eigenvalue weighted by molar-refractivity contribution is -0.127. The molecule has 0 spiro atoms. The third-order valence-electron chi connectivity index (χ3n) is 4.05. The molecule has 4 nitrogen and oxygen atoms in total. The minimum absolute atomic E-state index is 0.189. The van der Waals surface area contributed by atoms with E-state index in [4.69, 9.17) is 0 Å². The van der Waals surface area contributed by atoms with Crippen LogP contribution in [0.4, 0.5) is 0 Å². The predicted molar refractivity (Wildman–Crippen MR) is 70.0 cm³/mol. The summed E-state index contributed by atoms with van der Waals surface area (Å²) in [6, 6.07) is 0. The Morgan fingerprint density at radius 2 is 2.06 bits per heavy atom. The summed E-state index contributed by atoms with van der Waals surface area (Å²) in [6.07, 6.45) is 8.28. The Balaban J connectivity index is 1.52. The van der Waals surface area contributed by atoms with Crippen molar-refractivity contribution in [3.05, 3.63) is 0 Å². The molecular formula is C14H24N2O2. The fourth-order valence-electron chi connectivity index (χ4n) is 2.99. The zero-order valence-corrected chi connectivity index (χ0v) is 11.1. The molecule has 1 aliphatic heterocycles. The Kier molecular flexibility index (Phi) is 5.02. The van der Waals surface area contributed by atoms with Gasteiger partial charge in [-0.2, -0.15) is 0 Å². The third kappa shape index (κ3) is 4.00. The van der Waals surface area contributed by atoms with Gasteiger partial charge >= 0.3 is 0 Å². The molecule has 2 fully saturated rings. The van der Waals surface area contributed by atoms with Gasteiger partial charge in [0.2, 0.25) is 11.8 Å². The van der Waals surface area contributed by atoms with Crippen molar-refractivity contribution in [2.45, 2.75) is 51.4 Å². The van der Waals surface area contributed by atoms with Crippen LogP contribution in [0.2, 0.25) is 0 Å². The van der Waals surface area contributed by atoms with E-state index in [1.165, 1.54) is 25.7 Å². The third-order valence-corrected chi connectivity index (χ3v) is 4.05. The van der Waals surface area contributed by atoms with Gasteiger partial charge < -0.3 is 10.2 Å². The van der Waals surface area contributed by atoms with E-state index in [0.29, 0.717) is 25.3 Å². The minimum atomic E-state index is 0.189. The van der Waals surface area contributed by atoms with Crippen molar-refractivity contribution in [3.63, 3.8) is 0 Å².